The molecule has 0 amide bonds. The standard InChI is InChI=1S/C15H22N4O/c1-12(2)10-19-15(17-11-18-19)9-16-8-14(20)13-6-4-3-5-7-13/h3-7,11-12,14,16,20H,8-10H2,1-2H3. The highest BCUT2D eigenvalue weighted by Crippen LogP contribution is 2.10. The maximum Gasteiger partial charge on any atom is 0.140 e. The fraction of sp³-hybridized carbons (Fsp3) is 0.467. The van der Waals surface area contributed by atoms with Crippen molar-refractivity contribution >= 4 is 0 Å². The molecule has 0 saturated carbocycles. The Bertz CT molecular complexity index is 510. The molecule has 5 nitrogen and oxygen atoms in total. The van der Waals surface area contributed by atoms with Gasteiger partial charge in [-0.05, 0) is 11.5 Å². The Kier molecular flexibility index (Phi) is 5.26. The summed E-state index contributed by atoms with van der Waals surface area (Å²) in [5.74, 6) is 1.43. The predicted octanol–water partition coefficient (Wildman–Crippen LogP) is 1.76. The fourth-order valence-corrected chi connectivity index (χ4v) is 2.04. The van der Waals surface area contributed by atoms with Crippen LogP contribution in [0.4, 0.5) is 0 Å². The monoisotopic (exact) mass is 274 g/mol. The van der Waals surface area contributed by atoms with E-state index in [0.717, 1.165) is 17.9 Å². The van der Waals surface area contributed by atoms with E-state index in [1.54, 1.807) is 6.33 Å². The van der Waals surface area contributed by atoms with Crippen molar-refractivity contribution in [2.75, 3.05) is 6.54 Å². The third kappa shape index (κ3) is 4.15. The highest BCUT2D eigenvalue weighted by Gasteiger charge is 2.09. The van der Waals surface area contributed by atoms with E-state index in [2.05, 4.69) is 29.2 Å². The second-order valence-electron chi connectivity index (χ2n) is 5.31. The summed E-state index contributed by atoms with van der Waals surface area (Å²) in [5.41, 5.74) is 0.920. The Hall–Kier alpha value is -1.72. The third-order valence-electron chi connectivity index (χ3n) is 3.04. The molecule has 1 aromatic carbocycles. The molecule has 1 heterocycles. The first kappa shape index (κ1) is 14.7. The molecule has 108 valence electrons. The molecule has 20 heavy (non-hydrogen) atoms. The van der Waals surface area contributed by atoms with E-state index in [9.17, 15) is 5.11 Å². The van der Waals surface area contributed by atoms with Gasteiger partial charge in [-0.2, -0.15) is 5.10 Å². The average Bonchev–Trinajstić information content (AvgIpc) is 2.86. The van der Waals surface area contributed by atoms with Crippen molar-refractivity contribution in [3.05, 3.63) is 48.0 Å². The maximum atomic E-state index is 10.1. The quantitative estimate of drug-likeness (QED) is 0.807. The van der Waals surface area contributed by atoms with Gasteiger partial charge in [-0.3, -0.25) is 0 Å². The van der Waals surface area contributed by atoms with Crippen LogP contribution in [0.15, 0.2) is 36.7 Å². The number of rotatable bonds is 7. The van der Waals surface area contributed by atoms with Crippen LogP contribution in [0.25, 0.3) is 0 Å². The average molecular weight is 274 g/mol. The minimum absolute atomic E-state index is 0.499. The molecule has 1 atom stereocenters. The summed E-state index contributed by atoms with van der Waals surface area (Å²) in [6.07, 6.45) is 1.07. The minimum Gasteiger partial charge on any atom is -0.387 e. The van der Waals surface area contributed by atoms with Gasteiger partial charge in [-0.1, -0.05) is 44.2 Å². The predicted molar refractivity (Wildman–Crippen MR) is 78.0 cm³/mol. The topological polar surface area (TPSA) is 63.0 Å². The molecular weight excluding hydrogens is 252 g/mol. The van der Waals surface area contributed by atoms with Crippen LogP contribution in [0.5, 0.6) is 0 Å². The molecule has 0 bridgehead atoms. The van der Waals surface area contributed by atoms with Gasteiger partial charge in [0, 0.05) is 13.1 Å². The van der Waals surface area contributed by atoms with Crippen molar-refractivity contribution in [2.45, 2.75) is 33.0 Å². The number of aliphatic hydroxyl groups is 1. The lowest BCUT2D eigenvalue weighted by atomic mass is 10.1. The van der Waals surface area contributed by atoms with Crippen LogP contribution in [-0.4, -0.2) is 26.4 Å². The van der Waals surface area contributed by atoms with E-state index in [4.69, 9.17) is 0 Å². The first-order valence-corrected chi connectivity index (χ1v) is 6.97. The Morgan fingerprint density at radius 3 is 2.70 bits per heavy atom. The summed E-state index contributed by atoms with van der Waals surface area (Å²) in [6.45, 7) is 6.27. The lowest BCUT2D eigenvalue weighted by Gasteiger charge is -2.13. The van der Waals surface area contributed by atoms with Gasteiger partial charge in [0.05, 0.1) is 12.6 Å². The summed E-state index contributed by atoms with van der Waals surface area (Å²) >= 11 is 0. The van der Waals surface area contributed by atoms with Gasteiger partial charge in [0.2, 0.25) is 0 Å². The van der Waals surface area contributed by atoms with E-state index < -0.39 is 6.10 Å². The van der Waals surface area contributed by atoms with Crippen molar-refractivity contribution < 1.29 is 5.11 Å². The van der Waals surface area contributed by atoms with E-state index in [-0.39, 0.29) is 0 Å². The minimum atomic E-state index is -0.502. The summed E-state index contributed by atoms with van der Waals surface area (Å²) < 4.78 is 1.91. The SMILES string of the molecule is CC(C)Cn1ncnc1CNCC(O)c1ccccc1. The van der Waals surface area contributed by atoms with Crippen LogP contribution in [0.1, 0.15) is 31.3 Å². The van der Waals surface area contributed by atoms with Crippen LogP contribution in [0.3, 0.4) is 0 Å². The second-order valence-corrected chi connectivity index (χ2v) is 5.31. The molecule has 0 saturated heterocycles. The molecule has 1 unspecified atom stereocenters. The molecule has 0 aliphatic heterocycles. The Morgan fingerprint density at radius 1 is 1.25 bits per heavy atom. The van der Waals surface area contributed by atoms with Crippen LogP contribution in [-0.2, 0) is 13.1 Å². The van der Waals surface area contributed by atoms with E-state index in [1.807, 2.05) is 35.0 Å². The number of benzene rings is 1. The first-order chi connectivity index (χ1) is 9.66. The smallest absolute Gasteiger partial charge is 0.140 e. The molecular formula is C15H22N4O. The third-order valence-corrected chi connectivity index (χ3v) is 3.04. The molecule has 1 aromatic heterocycles. The van der Waals surface area contributed by atoms with Gasteiger partial charge < -0.3 is 10.4 Å². The summed E-state index contributed by atoms with van der Waals surface area (Å²) in [5, 5.41) is 17.5. The van der Waals surface area contributed by atoms with Gasteiger partial charge in [0.15, 0.2) is 0 Å². The Balaban J connectivity index is 1.83. The highest BCUT2D eigenvalue weighted by atomic mass is 16.3. The second kappa shape index (κ2) is 7.17. The Morgan fingerprint density at radius 2 is 2.00 bits per heavy atom. The number of nitrogens with zero attached hydrogens (tertiary/aromatic N) is 3. The first-order valence-electron chi connectivity index (χ1n) is 6.97. The number of hydrogen-bond acceptors (Lipinski definition) is 4. The van der Waals surface area contributed by atoms with E-state index in [0.29, 0.717) is 19.0 Å². The fourth-order valence-electron chi connectivity index (χ4n) is 2.04. The molecule has 0 spiro atoms. The van der Waals surface area contributed by atoms with Gasteiger partial charge >= 0.3 is 0 Å². The zero-order valence-electron chi connectivity index (χ0n) is 12.0. The summed E-state index contributed by atoms with van der Waals surface area (Å²) in [7, 11) is 0. The van der Waals surface area contributed by atoms with Crippen molar-refractivity contribution in [1.29, 1.82) is 0 Å². The zero-order chi connectivity index (χ0) is 14.4. The molecule has 0 aliphatic carbocycles. The summed E-state index contributed by atoms with van der Waals surface area (Å²) in [6, 6.07) is 9.65. The van der Waals surface area contributed by atoms with E-state index >= 15 is 0 Å². The molecule has 0 aliphatic rings. The number of hydrogen-bond donors (Lipinski definition) is 2. The molecule has 2 N–H and O–H groups in total. The number of aromatic nitrogens is 3. The van der Waals surface area contributed by atoms with Gasteiger partial charge in [-0.15, -0.1) is 0 Å². The number of aliphatic hydroxyl groups excluding tert-OH is 1. The van der Waals surface area contributed by atoms with Crippen LogP contribution in [0, 0.1) is 5.92 Å². The Labute approximate surface area is 119 Å². The molecule has 0 radical (unpaired) electrons. The maximum absolute atomic E-state index is 10.1. The van der Waals surface area contributed by atoms with Crippen molar-refractivity contribution in [2.24, 2.45) is 5.92 Å². The van der Waals surface area contributed by atoms with Crippen LogP contribution in [0.2, 0.25) is 0 Å². The largest absolute Gasteiger partial charge is 0.387 e. The van der Waals surface area contributed by atoms with Crippen molar-refractivity contribution in [3.8, 4) is 0 Å². The summed E-state index contributed by atoms with van der Waals surface area (Å²) in [4.78, 5) is 4.25. The lowest BCUT2D eigenvalue weighted by molar-refractivity contribution is 0.174. The number of nitrogens with one attached hydrogen (secondary N) is 1. The van der Waals surface area contributed by atoms with Gasteiger partial charge in [-0.25, -0.2) is 9.67 Å². The van der Waals surface area contributed by atoms with Gasteiger partial charge in [0.25, 0.3) is 0 Å². The highest BCUT2D eigenvalue weighted by molar-refractivity contribution is 5.17. The van der Waals surface area contributed by atoms with Crippen molar-refractivity contribution in [1.82, 2.24) is 20.1 Å². The lowest BCUT2D eigenvalue weighted by Crippen LogP contribution is -2.23. The van der Waals surface area contributed by atoms with Crippen LogP contribution >= 0.6 is 0 Å². The normalized spacial score (nSPS) is 12.8. The van der Waals surface area contributed by atoms with Gasteiger partial charge in [0.1, 0.15) is 12.2 Å². The zero-order valence-corrected chi connectivity index (χ0v) is 12.0. The molecule has 0 fully saturated rings. The molecule has 2 rings (SSSR count). The van der Waals surface area contributed by atoms with E-state index in [1.165, 1.54) is 0 Å². The van der Waals surface area contributed by atoms with Crippen LogP contribution < -0.4 is 5.32 Å². The molecule has 5 heteroatoms. The molecule has 2 aromatic rings. The van der Waals surface area contributed by atoms with Crippen molar-refractivity contribution in [3.63, 3.8) is 0 Å².